The zero-order valence-corrected chi connectivity index (χ0v) is 14.8. The summed E-state index contributed by atoms with van der Waals surface area (Å²) in [6.45, 7) is 2.10. The minimum absolute atomic E-state index is 0.176. The van der Waals surface area contributed by atoms with Crippen molar-refractivity contribution in [1.29, 1.82) is 0 Å². The number of aromatic nitrogens is 2. The predicted octanol–water partition coefficient (Wildman–Crippen LogP) is 2.89. The fraction of sp³-hybridized carbons (Fsp3) is 0.200. The Morgan fingerprint density at radius 1 is 1.15 bits per heavy atom. The molecule has 1 aromatic heterocycles. The number of anilines is 1. The maximum absolute atomic E-state index is 12.4. The lowest BCUT2D eigenvalue weighted by Gasteiger charge is -2.13. The van der Waals surface area contributed by atoms with Gasteiger partial charge in [0.25, 0.3) is 11.8 Å². The molecule has 3 aromatic rings. The van der Waals surface area contributed by atoms with Gasteiger partial charge >= 0.3 is 0 Å². The summed E-state index contributed by atoms with van der Waals surface area (Å²) < 4.78 is 0. The van der Waals surface area contributed by atoms with Crippen molar-refractivity contribution in [3.05, 3.63) is 59.3 Å². The van der Waals surface area contributed by atoms with E-state index in [0.29, 0.717) is 23.2 Å². The van der Waals surface area contributed by atoms with E-state index in [2.05, 4.69) is 15.5 Å². The summed E-state index contributed by atoms with van der Waals surface area (Å²) in [4.78, 5) is 38.3. The summed E-state index contributed by atoms with van der Waals surface area (Å²) in [7, 11) is 0. The SMILES string of the molecule is Cc1ccc2c(c1)C(=O)N(CCCC(=O)Nc1cccc3cn[nH]c13)C2=O. The number of amides is 3. The number of aromatic amines is 1. The summed E-state index contributed by atoms with van der Waals surface area (Å²) in [5.41, 5.74) is 3.23. The van der Waals surface area contributed by atoms with Crippen molar-refractivity contribution in [3.8, 4) is 0 Å². The number of H-pyrrole nitrogens is 1. The maximum atomic E-state index is 12.4. The molecule has 0 fully saturated rings. The molecule has 3 amide bonds. The number of carbonyl (C=O) groups excluding carboxylic acids is 3. The van der Waals surface area contributed by atoms with E-state index in [0.717, 1.165) is 16.5 Å². The first-order chi connectivity index (χ1) is 13.0. The highest BCUT2D eigenvalue weighted by Gasteiger charge is 2.34. The largest absolute Gasteiger partial charge is 0.324 e. The van der Waals surface area contributed by atoms with Gasteiger partial charge in [0.05, 0.1) is 28.5 Å². The molecule has 0 bridgehead atoms. The van der Waals surface area contributed by atoms with Gasteiger partial charge in [0.2, 0.25) is 5.91 Å². The minimum atomic E-state index is -0.294. The summed E-state index contributed by atoms with van der Waals surface area (Å²) >= 11 is 0. The van der Waals surface area contributed by atoms with Crippen LogP contribution in [0.15, 0.2) is 42.6 Å². The number of para-hydroxylation sites is 1. The lowest BCUT2D eigenvalue weighted by molar-refractivity contribution is -0.116. The fourth-order valence-electron chi connectivity index (χ4n) is 3.29. The molecule has 1 aliphatic rings. The molecule has 0 saturated carbocycles. The van der Waals surface area contributed by atoms with E-state index in [9.17, 15) is 14.4 Å². The van der Waals surface area contributed by atoms with Crippen molar-refractivity contribution in [2.45, 2.75) is 19.8 Å². The molecular formula is C20H18N4O3. The van der Waals surface area contributed by atoms with Crippen molar-refractivity contribution < 1.29 is 14.4 Å². The Morgan fingerprint density at radius 2 is 1.96 bits per heavy atom. The first-order valence-electron chi connectivity index (χ1n) is 8.73. The number of benzene rings is 2. The quantitative estimate of drug-likeness (QED) is 0.682. The van der Waals surface area contributed by atoms with E-state index >= 15 is 0 Å². The normalized spacial score (nSPS) is 13.3. The highest BCUT2D eigenvalue weighted by atomic mass is 16.2. The Morgan fingerprint density at radius 3 is 2.81 bits per heavy atom. The molecule has 27 heavy (non-hydrogen) atoms. The Kier molecular flexibility index (Phi) is 4.19. The highest BCUT2D eigenvalue weighted by molar-refractivity contribution is 6.21. The van der Waals surface area contributed by atoms with Crippen LogP contribution in [0.3, 0.4) is 0 Å². The van der Waals surface area contributed by atoms with Crippen molar-refractivity contribution in [3.63, 3.8) is 0 Å². The number of aryl methyl sites for hydroxylation is 1. The fourth-order valence-corrected chi connectivity index (χ4v) is 3.29. The molecule has 0 radical (unpaired) electrons. The van der Waals surface area contributed by atoms with Gasteiger partial charge in [0.15, 0.2) is 0 Å². The molecule has 0 spiro atoms. The molecule has 0 saturated heterocycles. The Bertz CT molecular complexity index is 1070. The van der Waals surface area contributed by atoms with Crippen LogP contribution in [0.2, 0.25) is 0 Å². The Labute approximate surface area is 155 Å². The monoisotopic (exact) mass is 362 g/mol. The second-order valence-electron chi connectivity index (χ2n) is 6.60. The number of hydrogen-bond donors (Lipinski definition) is 2. The predicted molar refractivity (Wildman–Crippen MR) is 101 cm³/mol. The number of hydrogen-bond acceptors (Lipinski definition) is 4. The number of nitrogens with zero attached hydrogens (tertiary/aromatic N) is 2. The minimum Gasteiger partial charge on any atom is -0.324 e. The van der Waals surface area contributed by atoms with Crippen LogP contribution in [0.4, 0.5) is 5.69 Å². The summed E-state index contributed by atoms with van der Waals surface area (Å²) in [6, 6.07) is 10.8. The second-order valence-corrected chi connectivity index (χ2v) is 6.60. The third-order valence-corrected chi connectivity index (χ3v) is 4.66. The molecule has 136 valence electrons. The molecule has 2 heterocycles. The van der Waals surface area contributed by atoms with Crippen LogP contribution in [0.25, 0.3) is 10.9 Å². The van der Waals surface area contributed by atoms with Crippen LogP contribution >= 0.6 is 0 Å². The van der Waals surface area contributed by atoms with Crippen LogP contribution in [-0.4, -0.2) is 39.4 Å². The van der Waals surface area contributed by atoms with E-state index in [1.807, 2.05) is 25.1 Å². The van der Waals surface area contributed by atoms with Gasteiger partial charge in [-0.05, 0) is 31.5 Å². The number of carbonyl (C=O) groups is 3. The molecule has 7 heteroatoms. The standard InChI is InChI=1S/C20H18N4O3/c1-12-7-8-14-15(10-12)20(27)24(19(14)26)9-3-6-17(25)22-16-5-2-4-13-11-21-23-18(13)16/h2,4-5,7-8,10-11H,3,6,9H2,1H3,(H,21,23)(H,22,25). The van der Waals surface area contributed by atoms with Crippen LogP contribution in [0, 0.1) is 6.92 Å². The lowest BCUT2D eigenvalue weighted by atomic mass is 10.1. The number of rotatable bonds is 5. The smallest absolute Gasteiger partial charge is 0.261 e. The molecule has 0 unspecified atom stereocenters. The van der Waals surface area contributed by atoms with Crippen molar-refractivity contribution in [1.82, 2.24) is 15.1 Å². The molecular weight excluding hydrogens is 344 g/mol. The van der Waals surface area contributed by atoms with Gasteiger partial charge in [0, 0.05) is 18.4 Å². The topological polar surface area (TPSA) is 95.2 Å². The second kappa shape index (κ2) is 6.68. The van der Waals surface area contributed by atoms with Crippen LogP contribution < -0.4 is 5.32 Å². The zero-order chi connectivity index (χ0) is 19.0. The van der Waals surface area contributed by atoms with E-state index in [-0.39, 0.29) is 30.7 Å². The van der Waals surface area contributed by atoms with Gasteiger partial charge in [0.1, 0.15) is 0 Å². The molecule has 1 aliphatic heterocycles. The highest BCUT2D eigenvalue weighted by Crippen LogP contribution is 2.24. The summed E-state index contributed by atoms with van der Waals surface area (Å²) in [5, 5.41) is 10.6. The molecule has 2 aromatic carbocycles. The third-order valence-electron chi connectivity index (χ3n) is 4.66. The summed E-state index contributed by atoms with van der Waals surface area (Å²) in [5.74, 6) is -0.761. The van der Waals surface area contributed by atoms with E-state index in [4.69, 9.17) is 0 Å². The first-order valence-corrected chi connectivity index (χ1v) is 8.73. The molecule has 7 nitrogen and oxygen atoms in total. The molecule has 0 atom stereocenters. The zero-order valence-electron chi connectivity index (χ0n) is 14.8. The lowest BCUT2D eigenvalue weighted by Crippen LogP contribution is -2.31. The molecule has 0 aliphatic carbocycles. The van der Waals surface area contributed by atoms with Gasteiger partial charge in [-0.25, -0.2) is 0 Å². The molecule has 4 rings (SSSR count). The van der Waals surface area contributed by atoms with Crippen LogP contribution in [0.1, 0.15) is 39.1 Å². The van der Waals surface area contributed by atoms with Crippen LogP contribution in [-0.2, 0) is 4.79 Å². The van der Waals surface area contributed by atoms with Gasteiger partial charge in [-0.1, -0.05) is 23.8 Å². The maximum Gasteiger partial charge on any atom is 0.261 e. The van der Waals surface area contributed by atoms with Crippen molar-refractivity contribution in [2.24, 2.45) is 0 Å². The average Bonchev–Trinajstić information content (AvgIpc) is 3.21. The number of fused-ring (bicyclic) bond motifs is 2. The van der Waals surface area contributed by atoms with Crippen molar-refractivity contribution in [2.75, 3.05) is 11.9 Å². The summed E-state index contributed by atoms with van der Waals surface area (Å²) in [6.07, 6.45) is 2.29. The Balaban J connectivity index is 1.36. The average molecular weight is 362 g/mol. The number of imide groups is 1. The first kappa shape index (κ1) is 17.0. The van der Waals surface area contributed by atoms with E-state index in [1.165, 1.54) is 4.90 Å². The van der Waals surface area contributed by atoms with Crippen LogP contribution in [0.5, 0.6) is 0 Å². The van der Waals surface area contributed by atoms with Gasteiger partial charge in [-0.3, -0.25) is 24.4 Å². The number of nitrogens with one attached hydrogen (secondary N) is 2. The van der Waals surface area contributed by atoms with Crippen molar-refractivity contribution >= 4 is 34.3 Å². The van der Waals surface area contributed by atoms with Gasteiger partial charge < -0.3 is 5.32 Å². The van der Waals surface area contributed by atoms with Gasteiger partial charge in [-0.15, -0.1) is 0 Å². The third kappa shape index (κ3) is 3.08. The molecule has 2 N–H and O–H groups in total. The van der Waals surface area contributed by atoms with E-state index in [1.54, 1.807) is 24.4 Å². The van der Waals surface area contributed by atoms with E-state index < -0.39 is 0 Å². The Hall–Kier alpha value is -3.48. The van der Waals surface area contributed by atoms with Gasteiger partial charge in [-0.2, -0.15) is 5.10 Å².